The fourth-order valence-electron chi connectivity index (χ4n) is 13.0. The largest absolute Gasteiger partial charge is 0.356 e. The Morgan fingerprint density at radius 1 is 0.167 bits per heavy atom. The number of nitrogens with one attached hydrogen (secondary N) is 4. The molecular weight excluding hydrogens is 1240 g/mol. The van der Waals surface area contributed by atoms with E-state index in [1.54, 1.807) is 0 Å². The van der Waals surface area contributed by atoms with E-state index in [4.69, 9.17) is 0 Å². The van der Waals surface area contributed by atoms with Gasteiger partial charge in [-0.3, -0.25) is 0 Å². The Hall–Kier alpha value is -11.4. The first-order chi connectivity index (χ1) is 47.5. The predicted molar refractivity (Wildman–Crippen MR) is 426 cm³/mol. The number of thiophene rings is 4. The lowest BCUT2D eigenvalue weighted by Crippen LogP contribution is -1.89. The lowest BCUT2D eigenvalue weighted by atomic mass is 10.1. The molecule has 0 aliphatic rings. The normalized spacial score (nSPS) is 11.3. The van der Waals surface area contributed by atoms with Crippen LogP contribution in [0.15, 0.2) is 340 Å². The third kappa shape index (κ3) is 12.0. The highest BCUT2D eigenvalue weighted by atomic mass is 32.1. The summed E-state index contributed by atoms with van der Waals surface area (Å²) in [5.41, 5.74) is 9.05. The van der Waals surface area contributed by atoms with E-state index in [0.717, 1.165) is 34.1 Å². The lowest BCUT2D eigenvalue weighted by molar-refractivity contribution is 1.57. The van der Waals surface area contributed by atoms with Gasteiger partial charge in [-0.05, 0) is 189 Å². The summed E-state index contributed by atoms with van der Waals surface area (Å²) in [7, 11) is 0. The van der Waals surface area contributed by atoms with Gasteiger partial charge in [0.1, 0.15) is 0 Å². The summed E-state index contributed by atoms with van der Waals surface area (Å²) >= 11 is 7.45. The van der Waals surface area contributed by atoms with Crippen molar-refractivity contribution in [3.8, 4) is 0 Å². The Kier molecular flexibility index (Phi) is 15.7. The van der Waals surface area contributed by atoms with E-state index in [2.05, 4.69) is 312 Å². The van der Waals surface area contributed by atoms with E-state index < -0.39 is 0 Å². The molecule has 0 unspecified atom stereocenters. The smallest absolute Gasteiger partial charge is 0.0590 e. The van der Waals surface area contributed by atoms with Gasteiger partial charge in [0.15, 0.2) is 0 Å². The summed E-state index contributed by atoms with van der Waals surface area (Å²) in [6.45, 7) is 0. The van der Waals surface area contributed by atoms with Gasteiger partial charge in [0.25, 0.3) is 0 Å². The molecule has 4 heterocycles. The second-order valence-electron chi connectivity index (χ2n) is 23.9. The van der Waals surface area contributed by atoms with Gasteiger partial charge in [0.2, 0.25) is 0 Å². The minimum atomic E-state index is 1.11. The molecule has 4 nitrogen and oxygen atoms in total. The van der Waals surface area contributed by atoms with Gasteiger partial charge < -0.3 is 21.3 Å². The fraction of sp³-hybridized carbons (Fsp3) is 0. The fourth-order valence-corrected chi connectivity index (χ4v) is 17.7. The molecule has 20 aromatic rings. The molecule has 20 rings (SSSR count). The Labute approximate surface area is 571 Å². The maximum absolute atomic E-state index is 3.58. The van der Waals surface area contributed by atoms with Crippen molar-refractivity contribution < 1.29 is 0 Å². The number of anilines is 8. The first-order valence-electron chi connectivity index (χ1n) is 32.2. The van der Waals surface area contributed by atoms with Crippen LogP contribution in [0.2, 0.25) is 0 Å². The number of hydrogen-bond acceptors (Lipinski definition) is 8. The minimum Gasteiger partial charge on any atom is -0.356 e. The van der Waals surface area contributed by atoms with E-state index >= 15 is 0 Å². The van der Waals surface area contributed by atoms with Crippen molar-refractivity contribution in [1.29, 1.82) is 0 Å². The first-order valence-corrected chi connectivity index (χ1v) is 35.4. The van der Waals surface area contributed by atoms with Crippen molar-refractivity contribution in [1.82, 2.24) is 0 Å². The van der Waals surface area contributed by atoms with Crippen LogP contribution >= 0.6 is 45.3 Å². The lowest BCUT2D eigenvalue weighted by Gasteiger charge is -2.08. The summed E-state index contributed by atoms with van der Waals surface area (Å²) < 4.78 is 10.7. The Morgan fingerprint density at radius 2 is 0.510 bits per heavy atom. The zero-order chi connectivity index (χ0) is 63.7. The molecule has 16 aromatic carbocycles. The van der Waals surface area contributed by atoms with Gasteiger partial charge in [-0.2, -0.15) is 0 Å². The Morgan fingerprint density at radius 3 is 1.03 bits per heavy atom. The van der Waals surface area contributed by atoms with Gasteiger partial charge in [-0.1, -0.05) is 194 Å². The first kappa shape index (κ1) is 58.5. The van der Waals surface area contributed by atoms with Crippen LogP contribution < -0.4 is 21.3 Å². The number of benzene rings is 16. The third-order valence-electron chi connectivity index (χ3n) is 17.6. The van der Waals surface area contributed by atoms with Crippen LogP contribution in [0.5, 0.6) is 0 Å². The molecule has 96 heavy (non-hydrogen) atoms. The molecule has 0 bridgehead atoms. The molecule has 4 aromatic heterocycles. The molecule has 0 radical (unpaired) electrons. The van der Waals surface area contributed by atoms with Crippen molar-refractivity contribution in [3.05, 3.63) is 340 Å². The Balaban J connectivity index is 0.0000000968. The molecule has 8 heteroatoms. The van der Waals surface area contributed by atoms with Crippen LogP contribution in [0.1, 0.15) is 0 Å². The van der Waals surface area contributed by atoms with Gasteiger partial charge in [0.05, 0.1) is 10.4 Å². The molecule has 0 fully saturated rings. The van der Waals surface area contributed by atoms with E-state index in [1.165, 1.54) is 135 Å². The van der Waals surface area contributed by atoms with Crippen molar-refractivity contribution in [2.24, 2.45) is 0 Å². The Bertz CT molecular complexity index is 6160. The minimum absolute atomic E-state index is 1.11. The van der Waals surface area contributed by atoms with Crippen LogP contribution in [0.25, 0.3) is 124 Å². The average molecular weight is 1300 g/mol. The van der Waals surface area contributed by atoms with Gasteiger partial charge >= 0.3 is 0 Å². The standard InChI is InChI=1S/4C22H15NS/c1-2-9-17(10-3-1)23-19-11-6-12-20-22(19)18-13-15-7-4-5-8-16(15)14-21(18)24-20;1-2-9-17(10-3-1)23-20-12-6-11-18-19-13-15-7-4-5-8-16(15)14-21(19)24-22(18)20;1-2-8-17(9-3-1)23-18-10-11-21-20(14-18)19-12-15-6-4-5-7-16(15)13-22(19)24-21;1-2-8-17(9-3-1)23-18-10-11-19-20-12-15-6-4-5-7-16(15)13-21(20)24-22(19)14-18/h4*1-14,23H. The van der Waals surface area contributed by atoms with Crippen molar-refractivity contribution in [2.75, 3.05) is 21.3 Å². The quantitative estimate of drug-likeness (QED) is 0.122. The second kappa shape index (κ2) is 25.9. The zero-order valence-corrected chi connectivity index (χ0v) is 55.2. The molecule has 0 spiro atoms. The number of fused-ring (bicyclic) bond motifs is 16. The van der Waals surface area contributed by atoms with E-state index in [9.17, 15) is 0 Å². The van der Waals surface area contributed by atoms with Crippen molar-refractivity contribution >= 4 is 215 Å². The summed E-state index contributed by atoms with van der Waals surface area (Å²) in [6.07, 6.45) is 0. The third-order valence-corrected chi connectivity index (χ3v) is 22.2. The maximum atomic E-state index is 3.58. The zero-order valence-electron chi connectivity index (χ0n) is 52.0. The molecule has 4 N–H and O–H groups in total. The summed E-state index contributed by atoms with van der Waals surface area (Å²) in [6, 6.07) is 120. The highest BCUT2D eigenvalue weighted by molar-refractivity contribution is 7.27. The summed E-state index contributed by atoms with van der Waals surface area (Å²) in [5.74, 6) is 0. The van der Waals surface area contributed by atoms with Crippen molar-refractivity contribution in [2.45, 2.75) is 0 Å². The number of hydrogen-bond donors (Lipinski definition) is 4. The second-order valence-corrected chi connectivity index (χ2v) is 28.2. The average Bonchev–Trinajstić information content (AvgIpc) is 1.64. The maximum Gasteiger partial charge on any atom is 0.0590 e. The molecule has 0 amide bonds. The number of rotatable bonds is 8. The number of para-hydroxylation sites is 4. The summed E-state index contributed by atoms with van der Waals surface area (Å²) in [5, 5.41) is 35.1. The topological polar surface area (TPSA) is 48.1 Å². The highest BCUT2D eigenvalue weighted by Crippen LogP contribution is 2.44. The molecule has 0 atom stereocenters. The summed E-state index contributed by atoms with van der Waals surface area (Å²) in [4.78, 5) is 0. The SMILES string of the molecule is c1ccc(Nc2ccc3c(c2)sc2cc4ccccc4cc23)cc1.c1ccc(Nc2ccc3sc4cc5ccccc5cc4c3c2)cc1.c1ccc(Nc2cccc3c2sc2cc4ccccc4cc23)cc1.c1ccc(Nc2cccc3sc4cc5ccccc5cc4c23)cc1. The van der Waals surface area contributed by atoms with Crippen LogP contribution in [-0.2, 0) is 0 Å². The molecule has 456 valence electrons. The molecule has 0 saturated heterocycles. The van der Waals surface area contributed by atoms with Crippen LogP contribution in [-0.4, -0.2) is 0 Å². The van der Waals surface area contributed by atoms with E-state index in [1.807, 2.05) is 93.9 Å². The highest BCUT2D eigenvalue weighted by Gasteiger charge is 2.14. The molecule has 0 aliphatic carbocycles. The van der Waals surface area contributed by atoms with Crippen LogP contribution in [0.4, 0.5) is 45.5 Å². The molecule has 0 aliphatic heterocycles. The van der Waals surface area contributed by atoms with Gasteiger partial charge in [-0.25, -0.2) is 0 Å². The monoisotopic (exact) mass is 1300 g/mol. The van der Waals surface area contributed by atoms with Crippen molar-refractivity contribution in [3.63, 3.8) is 0 Å². The van der Waals surface area contributed by atoms with Crippen LogP contribution in [0.3, 0.4) is 0 Å². The molecule has 0 saturated carbocycles. The van der Waals surface area contributed by atoms with Gasteiger partial charge in [-0.15, -0.1) is 45.3 Å². The predicted octanol–water partition coefficient (Wildman–Crippen LogP) is 27.8. The van der Waals surface area contributed by atoms with E-state index in [-0.39, 0.29) is 0 Å². The van der Waals surface area contributed by atoms with E-state index in [0.29, 0.717) is 0 Å². The van der Waals surface area contributed by atoms with Gasteiger partial charge in [0, 0.05) is 116 Å². The molecular formula is C88H60N4S4. The van der Waals surface area contributed by atoms with Crippen LogP contribution in [0, 0.1) is 0 Å².